The van der Waals surface area contributed by atoms with Crippen molar-refractivity contribution >= 4 is 11.9 Å². The summed E-state index contributed by atoms with van der Waals surface area (Å²) >= 11 is 0. The number of imidazole rings is 1. The van der Waals surface area contributed by atoms with Crippen molar-refractivity contribution in [1.82, 2.24) is 20.3 Å². The standard InChI is InChI=1S/C15H16N4O4.C7H4F4O/c1-2-22-15(21)13-17-8-10(18-13)14(20)19-9-5-7-23-11-4-3-6-16-12(9)11;8-5-3-1-2-4-6(5)12-7(9,10)11/h3-4,6,8-9H,2,5,7H2,1H3,(H,17,18)(H,19,20);1-4H. The lowest BCUT2D eigenvalue weighted by Crippen LogP contribution is -2.33. The molecule has 0 bridgehead atoms. The molecule has 35 heavy (non-hydrogen) atoms. The van der Waals surface area contributed by atoms with Gasteiger partial charge < -0.3 is 24.5 Å². The largest absolute Gasteiger partial charge is 0.573 e. The number of benzene rings is 1. The quantitative estimate of drug-likeness (QED) is 0.406. The van der Waals surface area contributed by atoms with Gasteiger partial charge in [-0.05, 0) is 31.2 Å². The Kier molecular flexibility index (Phi) is 8.23. The van der Waals surface area contributed by atoms with E-state index >= 15 is 0 Å². The van der Waals surface area contributed by atoms with Gasteiger partial charge in [-0.15, -0.1) is 13.2 Å². The van der Waals surface area contributed by atoms with Crippen LogP contribution in [0.15, 0.2) is 48.8 Å². The Labute approximate surface area is 196 Å². The van der Waals surface area contributed by atoms with Gasteiger partial charge in [0.1, 0.15) is 17.1 Å². The van der Waals surface area contributed by atoms with Crippen LogP contribution in [0, 0.1) is 5.82 Å². The van der Waals surface area contributed by atoms with Crippen LogP contribution in [0.1, 0.15) is 46.2 Å². The fourth-order valence-corrected chi connectivity index (χ4v) is 2.98. The summed E-state index contributed by atoms with van der Waals surface area (Å²) in [6.07, 6.45) is -1.27. The van der Waals surface area contributed by atoms with Crippen molar-refractivity contribution in [3.05, 3.63) is 71.8 Å². The summed E-state index contributed by atoms with van der Waals surface area (Å²) in [6, 6.07) is 7.67. The van der Waals surface area contributed by atoms with E-state index in [-0.39, 0.29) is 30.1 Å². The molecule has 2 N–H and O–H groups in total. The smallest absolute Gasteiger partial charge is 0.491 e. The van der Waals surface area contributed by atoms with Gasteiger partial charge in [-0.25, -0.2) is 14.2 Å². The number of aromatic nitrogens is 3. The molecule has 9 nitrogen and oxygen atoms in total. The molecule has 0 radical (unpaired) electrons. The van der Waals surface area contributed by atoms with Crippen molar-refractivity contribution in [2.75, 3.05) is 13.2 Å². The topological polar surface area (TPSA) is 115 Å². The minimum atomic E-state index is -4.85. The number of hydrogen-bond donors (Lipinski definition) is 2. The van der Waals surface area contributed by atoms with Crippen molar-refractivity contribution in [2.24, 2.45) is 0 Å². The lowest BCUT2D eigenvalue weighted by molar-refractivity contribution is -0.275. The summed E-state index contributed by atoms with van der Waals surface area (Å²) in [7, 11) is 0. The van der Waals surface area contributed by atoms with E-state index in [4.69, 9.17) is 9.47 Å². The third-order valence-electron chi connectivity index (χ3n) is 4.45. The molecular formula is C22H20F4N4O5. The van der Waals surface area contributed by atoms with Crippen LogP contribution in [0.25, 0.3) is 0 Å². The van der Waals surface area contributed by atoms with Gasteiger partial charge in [0.2, 0.25) is 5.82 Å². The average Bonchev–Trinajstić information content (AvgIpc) is 3.31. The number of ether oxygens (including phenoxy) is 3. The van der Waals surface area contributed by atoms with E-state index < -0.39 is 23.9 Å². The number of halogens is 4. The number of H-pyrrole nitrogens is 1. The third-order valence-corrected chi connectivity index (χ3v) is 4.45. The van der Waals surface area contributed by atoms with Crippen molar-refractivity contribution < 1.29 is 41.4 Å². The van der Waals surface area contributed by atoms with E-state index in [1.165, 1.54) is 18.3 Å². The Morgan fingerprint density at radius 2 is 1.97 bits per heavy atom. The summed E-state index contributed by atoms with van der Waals surface area (Å²) in [5.41, 5.74) is 0.884. The Hall–Kier alpha value is -4.16. The molecule has 1 unspecified atom stereocenters. The molecule has 13 heteroatoms. The zero-order valence-corrected chi connectivity index (χ0v) is 18.3. The van der Waals surface area contributed by atoms with E-state index in [1.54, 1.807) is 19.2 Å². The van der Waals surface area contributed by atoms with Crippen LogP contribution >= 0.6 is 0 Å². The predicted octanol–water partition coefficient (Wildman–Crippen LogP) is 3.96. The van der Waals surface area contributed by atoms with E-state index in [0.29, 0.717) is 24.5 Å². The van der Waals surface area contributed by atoms with Crippen LogP contribution < -0.4 is 14.8 Å². The minimum Gasteiger partial charge on any atom is -0.491 e. The highest BCUT2D eigenvalue weighted by Crippen LogP contribution is 2.29. The number of para-hydroxylation sites is 1. The maximum Gasteiger partial charge on any atom is 0.573 e. The number of rotatable bonds is 5. The number of hydrogen-bond acceptors (Lipinski definition) is 7. The molecular weight excluding hydrogens is 476 g/mol. The van der Waals surface area contributed by atoms with Crippen LogP contribution in [0.5, 0.6) is 11.5 Å². The average molecular weight is 496 g/mol. The zero-order chi connectivity index (χ0) is 25.4. The number of fused-ring (bicyclic) bond motifs is 1. The molecule has 1 atom stereocenters. The van der Waals surface area contributed by atoms with Crippen LogP contribution in [0.4, 0.5) is 17.6 Å². The fraction of sp³-hybridized carbons (Fsp3) is 0.273. The van der Waals surface area contributed by atoms with Crippen molar-refractivity contribution in [3.8, 4) is 11.5 Å². The number of carbonyl (C=O) groups is 2. The molecule has 1 aliphatic rings. The highest BCUT2D eigenvalue weighted by atomic mass is 19.4. The van der Waals surface area contributed by atoms with Gasteiger partial charge in [0, 0.05) is 12.6 Å². The molecule has 0 saturated carbocycles. The van der Waals surface area contributed by atoms with E-state index in [1.807, 2.05) is 6.07 Å². The molecule has 0 aliphatic carbocycles. The minimum absolute atomic E-state index is 0.00232. The molecule has 2 aromatic heterocycles. The number of aromatic amines is 1. The number of esters is 1. The monoisotopic (exact) mass is 496 g/mol. The first-order valence-corrected chi connectivity index (χ1v) is 10.3. The highest BCUT2D eigenvalue weighted by molar-refractivity contribution is 5.94. The zero-order valence-electron chi connectivity index (χ0n) is 18.3. The Morgan fingerprint density at radius 1 is 1.20 bits per heavy atom. The number of amides is 1. The van der Waals surface area contributed by atoms with E-state index in [9.17, 15) is 27.2 Å². The summed E-state index contributed by atoms with van der Waals surface area (Å²) in [6.45, 7) is 2.44. The van der Waals surface area contributed by atoms with Gasteiger partial charge in [0.15, 0.2) is 11.6 Å². The van der Waals surface area contributed by atoms with E-state index in [2.05, 4.69) is 25.0 Å². The highest BCUT2D eigenvalue weighted by Gasteiger charge is 2.32. The van der Waals surface area contributed by atoms with Crippen molar-refractivity contribution in [1.29, 1.82) is 0 Å². The lowest BCUT2D eigenvalue weighted by Gasteiger charge is -2.25. The molecule has 3 aromatic rings. The van der Waals surface area contributed by atoms with Gasteiger partial charge >= 0.3 is 12.3 Å². The molecule has 3 heterocycles. The van der Waals surface area contributed by atoms with Gasteiger partial charge in [-0.2, -0.15) is 0 Å². The molecule has 1 aromatic carbocycles. The van der Waals surface area contributed by atoms with Crippen LogP contribution in [0.2, 0.25) is 0 Å². The number of carbonyl (C=O) groups excluding carboxylic acids is 2. The van der Waals surface area contributed by atoms with Crippen molar-refractivity contribution in [2.45, 2.75) is 25.7 Å². The van der Waals surface area contributed by atoms with Gasteiger partial charge in [0.25, 0.3) is 5.91 Å². The molecule has 1 amide bonds. The summed E-state index contributed by atoms with van der Waals surface area (Å²) < 4.78 is 60.8. The second kappa shape index (κ2) is 11.3. The van der Waals surface area contributed by atoms with Gasteiger partial charge in [-0.1, -0.05) is 12.1 Å². The lowest BCUT2D eigenvalue weighted by atomic mass is 10.1. The molecule has 0 saturated heterocycles. The normalized spacial score (nSPS) is 14.5. The van der Waals surface area contributed by atoms with Gasteiger partial charge in [0.05, 0.1) is 25.5 Å². The Bertz CT molecular complexity index is 1170. The van der Waals surface area contributed by atoms with Crippen LogP contribution in [-0.4, -0.2) is 46.4 Å². The number of nitrogens with one attached hydrogen (secondary N) is 2. The first-order chi connectivity index (χ1) is 16.7. The maximum absolute atomic E-state index is 12.5. The van der Waals surface area contributed by atoms with Crippen molar-refractivity contribution in [3.63, 3.8) is 0 Å². The molecule has 0 fully saturated rings. The Morgan fingerprint density at radius 3 is 2.69 bits per heavy atom. The maximum atomic E-state index is 12.5. The predicted molar refractivity (Wildman–Crippen MR) is 112 cm³/mol. The fourth-order valence-electron chi connectivity index (χ4n) is 2.98. The first kappa shape index (κ1) is 25.5. The number of nitrogens with zero attached hydrogens (tertiary/aromatic N) is 2. The second-order valence-corrected chi connectivity index (χ2v) is 6.89. The van der Waals surface area contributed by atoms with Gasteiger partial charge in [-0.3, -0.25) is 9.78 Å². The Balaban J connectivity index is 0.000000241. The summed E-state index contributed by atoms with van der Waals surface area (Å²) in [4.78, 5) is 34.7. The van der Waals surface area contributed by atoms with E-state index in [0.717, 1.165) is 12.1 Å². The molecule has 4 rings (SSSR count). The molecule has 186 valence electrons. The van der Waals surface area contributed by atoms with Crippen LogP contribution in [-0.2, 0) is 4.74 Å². The number of pyridine rings is 1. The molecule has 0 spiro atoms. The summed E-state index contributed by atoms with van der Waals surface area (Å²) in [5.74, 6) is -2.13. The molecule has 1 aliphatic heterocycles. The third kappa shape index (κ3) is 7.16. The number of alkyl halides is 3. The first-order valence-electron chi connectivity index (χ1n) is 10.3. The van der Waals surface area contributed by atoms with Crippen LogP contribution in [0.3, 0.4) is 0 Å². The summed E-state index contributed by atoms with van der Waals surface area (Å²) in [5, 5.41) is 2.87. The second-order valence-electron chi connectivity index (χ2n) is 6.89. The SMILES string of the molecule is CCOC(=O)c1ncc(C(=O)NC2CCOc3cccnc32)[nH]1.Fc1ccccc1OC(F)(F)F.